The van der Waals surface area contributed by atoms with Gasteiger partial charge in [0.25, 0.3) is 5.91 Å². The van der Waals surface area contributed by atoms with Gasteiger partial charge in [0.2, 0.25) is 0 Å². The van der Waals surface area contributed by atoms with Gasteiger partial charge in [0, 0.05) is 54.3 Å². The summed E-state index contributed by atoms with van der Waals surface area (Å²) >= 11 is 1.48. The van der Waals surface area contributed by atoms with E-state index < -0.39 is 0 Å². The van der Waals surface area contributed by atoms with Gasteiger partial charge in [0.1, 0.15) is 5.84 Å². The minimum Gasteiger partial charge on any atom is -0.391 e. The van der Waals surface area contributed by atoms with Gasteiger partial charge in [-0.1, -0.05) is 24.8 Å². The second kappa shape index (κ2) is 8.16. The minimum atomic E-state index is 0.0361. The van der Waals surface area contributed by atoms with E-state index in [0.29, 0.717) is 18.9 Å². The SMILES string of the molecule is C=C(Nc1cccc2c1CN(Cc1cccc(N3CCCC3=N)c1)C2=O)c1ccc(N)s1. The summed E-state index contributed by atoms with van der Waals surface area (Å²) in [5, 5.41) is 12.3. The molecular weight excluding hydrogens is 418 g/mol. The standard InChI is InChI=1S/C25H25N5OS/c1-16(22-10-11-24(27)32-22)28-21-8-3-7-19-20(21)15-29(25(19)31)14-17-5-2-6-18(13-17)30-12-4-9-23(30)26/h2-3,5-8,10-11,13,26,28H,1,4,9,12,14-15,27H2. The average Bonchev–Trinajstić information content (AvgIpc) is 3.49. The van der Waals surface area contributed by atoms with Crippen LogP contribution in [0.15, 0.2) is 61.2 Å². The summed E-state index contributed by atoms with van der Waals surface area (Å²) in [4.78, 5) is 18.0. The van der Waals surface area contributed by atoms with Crippen molar-refractivity contribution in [3.05, 3.63) is 82.7 Å². The summed E-state index contributed by atoms with van der Waals surface area (Å²) in [5.74, 6) is 0.698. The fraction of sp³-hybridized carbons (Fsp3) is 0.200. The number of nitrogen functional groups attached to an aromatic ring is 1. The molecule has 4 N–H and O–H groups in total. The Hall–Kier alpha value is -3.58. The Labute approximate surface area is 191 Å². The maximum atomic E-state index is 13.1. The van der Waals surface area contributed by atoms with Crippen molar-refractivity contribution in [3.8, 4) is 0 Å². The van der Waals surface area contributed by atoms with Crippen LogP contribution in [0.5, 0.6) is 0 Å². The van der Waals surface area contributed by atoms with Gasteiger partial charge in [-0.2, -0.15) is 0 Å². The van der Waals surface area contributed by atoms with Gasteiger partial charge in [-0.3, -0.25) is 10.2 Å². The number of nitrogens with one attached hydrogen (secondary N) is 2. The van der Waals surface area contributed by atoms with Crippen LogP contribution in [0.1, 0.15) is 39.2 Å². The van der Waals surface area contributed by atoms with Gasteiger partial charge in [-0.25, -0.2) is 0 Å². The Morgan fingerprint density at radius 1 is 1.19 bits per heavy atom. The van der Waals surface area contributed by atoms with Gasteiger partial charge in [0.05, 0.1) is 9.88 Å². The number of rotatable bonds is 6. The predicted molar refractivity (Wildman–Crippen MR) is 132 cm³/mol. The van der Waals surface area contributed by atoms with E-state index >= 15 is 0 Å². The van der Waals surface area contributed by atoms with E-state index in [1.54, 1.807) is 0 Å². The molecule has 162 valence electrons. The molecule has 32 heavy (non-hydrogen) atoms. The molecule has 1 fully saturated rings. The Morgan fingerprint density at radius 2 is 2.03 bits per heavy atom. The smallest absolute Gasteiger partial charge is 0.254 e. The van der Waals surface area contributed by atoms with E-state index in [0.717, 1.165) is 63.0 Å². The molecule has 1 saturated heterocycles. The highest BCUT2D eigenvalue weighted by molar-refractivity contribution is 7.16. The molecule has 1 aromatic heterocycles. The molecule has 0 unspecified atom stereocenters. The van der Waals surface area contributed by atoms with Crippen molar-refractivity contribution in [2.24, 2.45) is 0 Å². The zero-order valence-electron chi connectivity index (χ0n) is 17.7. The molecule has 0 bridgehead atoms. The number of hydrogen-bond donors (Lipinski definition) is 3. The number of nitrogens with two attached hydrogens (primary N) is 1. The number of carbonyl (C=O) groups excluding carboxylic acids is 1. The number of anilines is 3. The van der Waals surface area contributed by atoms with Crippen LogP contribution in [0.3, 0.4) is 0 Å². The molecule has 2 aromatic carbocycles. The van der Waals surface area contributed by atoms with Gasteiger partial charge in [-0.05, 0) is 48.4 Å². The fourth-order valence-corrected chi connectivity index (χ4v) is 5.08. The molecule has 1 amide bonds. The van der Waals surface area contributed by atoms with Gasteiger partial charge in [0.15, 0.2) is 0 Å². The van der Waals surface area contributed by atoms with E-state index in [-0.39, 0.29) is 5.91 Å². The van der Waals surface area contributed by atoms with Crippen LogP contribution in [0.4, 0.5) is 16.4 Å². The molecule has 2 aliphatic heterocycles. The Kier molecular flexibility index (Phi) is 5.19. The first-order chi connectivity index (χ1) is 15.5. The van der Waals surface area contributed by atoms with E-state index in [1.807, 2.05) is 53.4 Å². The first kappa shape index (κ1) is 20.3. The Bertz CT molecular complexity index is 1230. The molecule has 0 aliphatic carbocycles. The quantitative estimate of drug-likeness (QED) is 0.492. The monoisotopic (exact) mass is 443 g/mol. The lowest BCUT2D eigenvalue weighted by atomic mass is 10.1. The van der Waals surface area contributed by atoms with E-state index in [9.17, 15) is 4.79 Å². The van der Waals surface area contributed by atoms with E-state index in [4.69, 9.17) is 11.1 Å². The van der Waals surface area contributed by atoms with Crippen LogP contribution in [0.2, 0.25) is 0 Å². The lowest BCUT2D eigenvalue weighted by molar-refractivity contribution is 0.0767. The van der Waals surface area contributed by atoms with Crippen molar-refractivity contribution < 1.29 is 4.79 Å². The Morgan fingerprint density at radius 3 is 2.78 bits per heavy atom. The van der Waals surface area contributed by atoms with Crippen LogP contribution in [0.25, 0.3) is 5.70 Å². The molecule has 0 radical (unpaired) electrons. The highest BCUT2D eigenvalue weighted by Crippen LogP contribution is 2.34. The number of hydrogen-bond acceptors (Lipinski definition) is 5. The third-order valence-electron chi connectivity index (χ3n) is 5.97. The molecular formula is C25H25N5OS. The molecule has 0 spiro atoms. The molecule has 7 heteroatoms. The molecule has 5 rings (SSSR count). The number of amidine groups is 1. The number of carbonyl (C=O) groups is 1. The van der Waals surface area contributed by atoms with Crippen molar-refractivity contribution in [3.63, 3.8) is 0 Å². The normalized spacial score (nSPS) is 15.4. The third-order valence-corrected chi connectivity index (χ3v) is 6.94. The van der Waals surface area contributed by atoms with Crippen molar-refractivity contribution in [1.29, 1.82) is 5.41 Å². The highest BCUT2D eigenvalue weighted by atomic mass is 32.1. The number of nitrogens with zero attached hydrogens (tertiary/aromatic N) is 2. The maximum Gasteiger partial charge on any atom is 0.254 e. The molecule has 3 aromatic rings. The van der Waals surface area contributed by atoms with E-state index in [1.165, 1.54) is 11.3 Å². The lowest BCUT2D eigenvalue weighted by Gasteiger charge is -2.20. The van der Waals surface area contributed by atoms with Crippen LogP contribution < -0.4 is 16.0 Å². The molecule has 2 aliphatic rings. The van der Waals surface area contributed by atoms with Crippen LogP contribution >= 0.6 is 11.3 Å². The first-order valence-electron chi connectivity index (χ1n) is 10.7. The summed E-state index contributed by atoms with van der Waals surface area (Å²) in [6.07, 6.45) is 1.84. The second-order valence-corrected chi connectivity index (χ2v) is 9.29. The summed E-state index contributed by atoms with van der Waals surface area (Å²) in [7, 11) is 0. The number of benzene rings is 2. The first-order valence-corrected chi connectivity index (χ1v) is 11.5. The summed E-state index contributed by atoms with van der Waals surface area (Å²) in [6, 6.07) is 17.8. The van der Waals surface area contributed by atoms with E-state index in [2.05, 4.69) is 22.9 Å². The third kappa shape index (κ3) is 3.76. The van der Waals surface area contributed by atoms with Gasteiger partial charge >= 0.3 is 0 Å². The second-order valence-electron chi connectivity index (χ2n) is 8.17. The molecule has 6 nitrogen and oxygen atoms in total. The van der Waals surface area contributed by atoms with Crippen molar-refractivity contribution in [1.82, 2.24) is 4.90 Å². The maximum absolute atomic E-state index is 13.1. The minimum absolute atomic E-state index is 0.0361. The zero-order valence-corrected chi connectivity index (χ0v) is 18.5. The van der Waals surface area contributed by atoms with Gasteiger partial charge in [-0.15, -0.1) is 11.3 Å². The van der Waals surface area contributed by atoms with Gasteiger partial charge < -0.3 is 20.9 Å². The average molecular weight is 444 g/mol. The van der Waals surface area contributed by atoms with Crippen molar-refractivity contribution in [2.45, 2.75) is 25.9 Å². The summed E-state index contributed by atoms with van der Waals surface area (Å²) in [6.45, 7) is 6.10. The molecule has 0 atom stereocenters. The van der Waals surface area contributed by atoms with Crippen LogP contribution in [-0.2, 0) is 13.1 Å². The lowest BCUT2D eigenvalue weighted by Crippen LogP contribution is -2.25. The predicted octanol–water partition coefficient (Wildman–Crippen LogP) is 5.15. The van der Waals surface area contributed by atoms with Crippen molar-refractivity contribution >= 4 is 45.2 Å². The molecule has 0 saturated carbocycles. The number of amides is 1. The van der Waals surface area contributed by atoms with Crippen molar-refractivity contribution in [2.75, 3.05) is 22.5 Å². The topological polar surface area (TPSA) is 85.5 Å². The highest BCUT2D eigenvalue weighted by Gasteiger charge is 2.29. The number of fused-ring (bicyclic) bond motifs is 1. The summed E-state index contributed by atoms with van der Waals surface area (Å²) in [5.41, 5.74) is 11.3. The van der Waals surface area contributed by atoms with Crippen LogP contribution in [0, 0.1) is 5.41 Å². The largest absolute Gasteiger partial charge is 0.391 e. The zero-order chi connectivity index (χ0) is 22.2. The summed E-state index contributed by atoms with van der Waals surface area (Å²) < 4.78 is 0. The fourth-order valence-electron chi connectivity index (χ4n) is 4.38. The number of thiophene rings is 1. The van der Waals surface area contributed by atoms with Crippen LogP contribution in [-0.4, -0.2) is 23.2 Å². The Balaban J connectivity index is 1.34. The molecule has 3 heterocycles.